The van der Waals surface area contributed by atoms with E-state index in [2.05, 4.69) is 54.8 Å². The fraction of sp³-hybridized carbons (Fsp3) is 0.771. The van der Waals surface area contributed by atoms with Crippen LogP contribution in [0.5, 0.6) is 0 Å². The van der Waals surface area contributed by atoms with Gasteiger partial charge in [-0.2, -0.15) is 0 Å². The number of carbonyl (C=O) groups is 2. The van der Waals surface area contributed by atoms with Gasteiger partial charge in [0.2, 0.25) is 0 Å². The highest BCUT2D eigenvalue weighted by Gasteiger charge is 2.22. The second-order valence-electron chi connectivity index (χ2n) is 11.5. The first kappa shape index (κ1) is 42.3. The molecular formula is C35H63O8P. The first-order valence-electron chi connectivity index (χ1n) is 17.3. The van der Waals surface area contributed by atoms with Gasteiger partial charge in [0.25, 0.3) is 0 Å². The molecule has 0 rings (SSSR count). The molecule has 0 fully saturated rings. The molecule has 0 aromatic heterocycles. The lowest BCUT2D eigenvalue weighted by Crippen LogP contribution is -2.29. The van der Waals surface area contributed by atoms with E-state index in [9.17, 15) is 14.2 Å². The van der Waals surface area contributed by atoms with Crippen LogP contribution in [0.15, 0.2) is 36.5 Å². The van der Waals surface area contributed by atoms with Gasteiger partial charge in [-0.1, -0.05) is 134 Å². The number of unbranched alkanes of at least 4 members (excludes halogenated alkanes) is 15. The minimum atomic E-state index is -4.74. The van der Waals surface area contributed by atoms with Crippen molar-refractivity contribution in [1.82, 2.24) is 0 Å². The van der Waals surface area contributed by atoms with Gasteiger partial charge >= 0.3 is 19.8 Å². The van der Waals surface area contributed by atoms with Gasteiger partial charge in [0, 0.05) is 12.8 Å². The fourth-order valence-corrected chi connectivity index (χ4v) is 4.98. The predicted octanol–water partition coefficient (Wildman–Crippen LogP) is 9.84. The molecule has 9 heteroatoms. The number of hydrogen-bond acceptors (Lipinski definition) is 6. The number of phosphoric ester groups is 1. The lowest BCUT2D eigenvalue weighted by molar-refractivity contribution is -0.161. The molecule has 0 saturated carbocycles. The van der Waals surface area contributed by atoms with E-state index < -0.39 is 32.5 Å². The molecule has 0 aromatic rings. The van der Waals surface area contributed by atoms with Gasteiger partial charge in [0.05, 0.1) is 6.61 Å². The van der Waals surface area contributed by atoms with Crippen LogP contribution in [0.3, 0.4) is 0 Å². The highest BCUT2D eigenvalue weighted by molar-refractivity contribution is 7.46. The van der Waals surface area contributed by atoms with E-state index in [4.69, 9.17) is 19.3 Å². The Morgan fingerprint density at radius 1 is 0.614 bits per heavy atom. The van der Waals surface area contributed by atoms with Crippen molar-refractivity contribution in [1.29, 1.82) is 0 Å². The van der Waals surface area contributed by atoms with Gasteiger partial charge in [-0.05, 0) is 44.9 Å². The van der Waals surface area contributed by atoms with E-state index in [1.54, 1.807) is 0 Å². The third kappa shape index (κ3) is 33.2. The van der Waals surface area contributed by atoms with E-state index >= 15 is 0 Å². The summed E-state index contributed by atoms with van der Waals surface area (Å²) in [5.74, 6) is -0.900. The van der Waals surface area contributed by atoms with E-state index in [0.29, 0.717) is 6.42 Å². The maximum atomic E-state index is 12.3. The van der Waals surface area contributed by atoms with E-state index in [0.717, 1.165) is 64.2 Å². The van der Waals surface area contributed by atoms with Crippen molar-refractivity contribution in [3.63, 3.8) is 0 Å². The number of phosphoric acid groups is 1. The Balaban J connectivity index is 3.99. The molecule has 0 aliphatic heterocycles. The second-order valence-corrected chi connectivity index (χ2v) is 12.7. The third-order valence-corrected chi connectivity index (χ3v) is 7.66. The van der Waals surface area contributed by atoms with E-state index in [-0.39, 0.29) is 19.4 Å². The molecule has 44 heavy (non-hydrogen) atoms. The molecule has 0 amide bonds. The summed E-state index contributed by atoms with van der Waals surface area (Å²) in [6.07, 6.45) is 34.4. The molecule has 2 N–H and O–H groups in total. The van der Waals surface area contributed by atoms with Crippen LogP contribution in [0, 0.1) is 0 Å². The summed E-state index contributed by atoms with van der Waals surface area (Å²) < 4.78 is 26.2. The fourth-order valence-electron chi connectivity index (χ4n) is 4.62. The molecule has 0 radical (unpaired) electrons. The molecule has 1 unspecified atom stereocenters. The van der Waals surface area contributed by atoms with Crippen LogP contribution in [0.25, 0.3) is 0 Å². The number of esters is 2. The molecule has 0 saturated heterocycles. The number of rotatable bonds is 31. The average Bonchev–Trinajstić information content (AvgIpc) is 2.98. The summed E-state index contributed by atoms with van der Waals surface area (Å²) in [5.41, 5.74) is 0. The van der Waals surface area contributed by atoms with Crippen LogP contribution in [-0.2, 0) is 28.2 Å². The lowest BCUT2D eigenvalue weighted by Gasteiger charge is -2.18. The predicted molar refractivity (Wildman–Crippen MR) is 179 cm³/mol. The van der Waals surface area contributed by atoms with Gasteiger partial charge in [0.1, 0.15) is 6.61 Å². The topological polar surface area (TPSA) is 119 Å². The van der Waals surface area contributed by atoms with Gasteiger partial charge in [-0.3, -0.25) is 14.1 Å². The van der Waals surface area contributed by atoms with Gasteiger partial charge in [-0.15, -0.1) is 0 Å². The Labute approximate surface area is 268 Å². The maximum Gasteiger partial charge on any atom is 0.469 e. The van der Waals surface area contributed by atoms with Crippen molar-refractivity contribution in [2.24, 2.45) is 0 Å². The average molecular weight is 643 g/mol. The zero-order valence-electron chi connectivity index (χ0n) is 27.8. The Bertz CT molecular complexity index is 818. The van der Waals surface area contributed by atoms with Crippen LogP contribution in [0.1, 0.15) is 155 Å². The lowest BCUT2D eigenvalue weighted by atomic mass is 10.1. The Kier molecular flexibility index (Phi) is 30.0. The number of ether oxygens (including phenoxy) is 2. The van der Waals surface area contributed by atoms with Gasteiger partial charge < -0.3 is 19.3 Å². The summed E-state index contributed by atoms with van der Waals surface area (Å²) in [6, 6.07) is 0. The van der Waals surface area contributed by atoms with Gasteiger partial charge in [0.15, 0.2) is 6.10 Å². The summed E-state index contributed by atoms with van der Waals surface area (Å²) in [6.45, 7) is 3.52. The standard InChI is InChI=1S/C35H63O8P/c1-3-5-7-9-11-13-14-15-16-17-18-19-20-22-24-26-28-30-35(37)43-33(32-42-44(38,39)40)31-41-34(36)29-27-25-23-21-12-10-8-6-4-2/h5,7,11,13,15-16,33H,3-4,6,8-10,12,14,17-32H2,1-2H3,(H2,38,39,40)/b7-5-,13-11-,16-15-. The Morgan fingerprint density at radius 3 is 1.64 bits per heavy atom. The van der Waals surface area contributed by atoms with Crippen LogP contribution in [-0.4, -0.2) is 41.0 Å². The van der Waals surface area contributed by atoms with Gasteiger partial charge in [-0.25, -0.2) is 4.57 Å². The minimum Gasteiger partial charge on any atom is -0.462 e. The van der Waals surface area contributed by atoms with Crippen molar-refractivity contribution < 1.29 is 37.9 Å². The van der Waals surface area contributed by atoms with Crippen molar-refractivity contribution in [2.45, 2.75) is 161 Å². The number of hydrogen-bond donors (Lipinski definition) is 2. The molecule has 0 aromatic carbocycles. The maximum absolute atomic E-state index is 12.3. The molecular weight excluding hydrogens is 579 g/mol. The largest absolute Gasteiger partial charge is 0.469 e. The van der Waals surface area contributed by atoms with E-state index in [1.165, 1.54) is 57.8 Å². The number of carbonyl (C=O) groups excluding carboxylic acids is 2. The molecule has 0 bridgehead atoms. The van der Waals surface area contributed by atoms with Crippen molar-refractivity contribution in [2.75, 3.05) is 13.2 Å². The SMILES string of the molecule is CC/C=C\C/C=C\C/C=C\CCCCCCCCCC(=O)OC(COC(=O)CCCCCCCCCCC)COP(=O)(O)O. The zero-order chi connectivity index (χ0) is 32.6. The van der Waals surface area contributed by atoms with Crippen molar-refractivity contribution in [3.8, 4) is 0 Å². The zero-order valence-corrected chi connectivity index (χ0v) is 28.7. The Morgan fingerprint density at radius 2 is 1.09 bits per heavy atom. The smallest absolute Gasteiger partial charge is 0.462 e. The summed E-state index contributed by atoms with van der Waals surface area (Å²) >= 11 is 0. The van der Waals surface area contributed by atoms with Crippen LogP contribution >= 0.6 is 7.82 Å². The summed E-state index contributed by atoms with van der Waals surface area (Å²) in [4.78, 5) is 42.5. The van der Waals surface area contributed by atoms with Crippen LogP contribution in [0.4, 0.5) is 0 Å². The number of allylic oxidation sites excluding steroid dienone is 6. The summed E-state index contributed by atoms with van der Waals surface area (Å²) in [5, 5.41) is 0. The molecule has 8 nitrogen and oxygen atoms in total. The monoisotopic (exact) mass is 642 g/mol. The second kappa shape index (κ2) is 31.3. The van der Waals surface area contributed by atoms with Crippen molar-refractivity contribution in [3.05, 3.63) is 36.5 Å². The normalized spacial score (nSPS) is 12.9. The Hall–Kier alpha value is -1.73. The van der Waals surface area contributed by atoms with E-state index in [1.807, 2.05) is 0 Å². The van der Waals surface area contributed by atoms with Crippen LogP contribution in [0.2, 0.25) is 0 Å². The highest BCUT2D eigenvalue weighted by atomic mass is 31.2. The quantitative estimate of drug-likeness (QED) is 0.0332. The molecule has 0 aliphatic rings. The first-order chi connectivity index (χ1) is 21.3. The minimum absolute atomic E-state index is 0.201. The molecule has 0 spiro atoms. The van der Waals surface area contributed by atoms with Crippen molar-refractivity contribution >= 4 is 19.8 Å². The summed E-state index contributed by atoms with van der Waals surface area (Å²) in [7, 11) is -4.74. The highest BCUT2D eigenvalue weighted by Crippen LogP contribution is 2.35. The first-order valence-corrected chi connectivity index (χ1v) is 18.8. The molecule has 0 heterocycles. The molecule has 256 valence electrons. The molecule has 0 aliphatic carbocycles. The third-order valence-electron chi connectivity index (χ3n) is 7.17. The molecule has 1 atom stereocenters. The van der Waals surface area contributed by atoms with Crippen LogP contribution < -0.4 is 0 Å².